The van der Waals surface area contributed by atoms with Gasteiger partial charge in [0.2, 0.25) is 0 Å². The Morgan fingerprint density at radius 2 is 1.90 bits per heavy atom. The van der Waals surface area contributed by atoms with Crippen LogP contribution < -0.4 is 10.1 Å². The molecule has 1 N–H and O–H groups in total. The molecular formula is C24H28N2O3S. The summed E-state index contributed by atoms with van der Waals surface area (Å²) in [4.78, 5) is 16.5. The molecule has 4 rings (SSSR count). The van der Waals surface area contributed by atoms with Crippen molar-refractivity contribution in [3.8, 4) is 5.75 Å². The number of benzene rings is 1. The summed E-state index contributed by atoms with van der Waals surface area (Å²) in [6.45, 7) is 6.32. The molecule has 30 heavy (non-hydrogen) atoms. The number of rotatable bonds is 6. The summed E-state index contributed by atoms with van der Waals surface area (Å²) in [6.07, 6.45) is 5.15. The molecule has 0 radical (unpaired) electrons. The van der Waals surface area contributed by atoms with Gasteiger partial charge in [0.25, 0.3) is 5.91 Å². The average Bonchev–Trinajstić information content (AvgIpc) is 3.40. The van der Waals surface area contributed by atoms with Crippen molar-refractivity contribution in [2.75, 3.05) is 25.5 Å². The molecule has 6 heteroatoms. The van der Waals surface area contributed by atoms with Crippen molar-refractivity contribution >= 4 is 22.2 Å². The third kappa shape index (κ3) is 4.02. The second kappa shape index (κ2) is 9.06. The number of para-hydroxylation sites is 1. The highest BCUT2D eigenvalue weighted by atomic mass is 32.1. The lowest BCUT2D eigenvalue weighted by Crippen LogP contribution is -2.35. The molecule has 5 nitrogen and oxygen atoms in total. The van der Waals surface area contributed by atoms with E-state index in [0.29, 0.717) is 5.76 Å². The van der Waals surface area contributed by atoms with Crippen molar-refractivity contribution in [1.82, 2.24) is 4.90 Å². The Balaban J connectivity index is 1.81. The van der Waals surface area contributed by atoms with Crippen molar-refractivity contribution in [2.45, 2.75) is 39.2 Å². The third-order valence-corrected chi connectivity index (χ3v) is 7.01. The highest BCUT2D eigenvalue weighted by molar-refractivity contribution is 7.16. The van der Waals surface area contributed by atoms with Crippen LogP contribution in [0.15, 0.2) is 47.1 Å². The molecule has 1 saturated heterocycles. The topological polar surface area (TPSA) is 54.7 Å². The van der Waals surface area contributed by atoms with Gasteiger partial charge in [0.15, 0.2) is 5.76 Å². The number of likely N-dealkylation sites (tertiary alicyclic amines) is 1. The first-order valence-electron chi connectivity index (χ1n) is 10.4. The number of amides is 1. The Bertz CT molecular complexity index is 1000. The number of thiophene rings is 1. The summed E-state index contributed by atoms with van der Waals surface area (Å²) < 4.78 is 11.0. The van der Waals surface area contributed by atoms with Gasteiger partial charge in [-0.25, -0.2) is 0 Å². The van der Waals surface area contributed by atoms with Crippen molar-refractivity contribution in [3.63, 3.8) is 0 Å². The maximum atomic E-state index is 12.8. The van der Waals surface area contributed by atoms with E-state index in [1.165, 1.54) is 36.0 Å². The number of hydrogen-bond donors (Lipinski definition) is 1. The first-order valence-corrected chi connectivity index (χ1v) is 11.2. The van der Waals surface area contributed by atoms with Gasteiger partial charge in [0.05, 0.1) is 19.4 Å². The SMILES string of the molecule is COc1ccccc1[C@@H](c1c(NC(=O)c2ccco2)sc(C)c1C)N1CCCCC1. The van der Waals surface area contributed by atoms with Gasteiger partial charge >= 0.3 is 0 Å². The van der Waals surface area contributed by atoms with Crippen LogP contribution in [0, 0.1) is 13.8 Å². The quantitative estimate of drug-likeness (QED) is 0.544. The van der Waals surface area contributed by atoms with Gasteiger partial charge in [-0.15, -0.1) is 11.3 Å². The number of nitrogens with one attached hydrogen (secondary N) is 1. The maximum Gasteiger partial charge on any atom is 0.291 e. The normalized spacial score (nSPS) is 15.7. The van der Waals surface area contributed by atoms with E-state index in [4.69, 9.17) is 9.15 Å². The lowest BCUT2D eigenvalue weighted by Gasteiger charge is -2.36. The minimum absolute atomic E-state index is 0.0262. The average molecular weight is 425 g/mol. The fraction of sp³-hybridized carbons (Fsp3) is 0.375. The van der Waals surface area contributed by atoms with Gasteiger partial charge in [0.1, 0.15) is 10.8 Å². The van der Waals surface area contributed by atoms with E-state index in [1.807, 2.05) is 12.1 Å². The molecule has 0 unspecified atom stereocenters. The molecule has 0 bridgehead atoms. The van der Waals surface area contributed by atoms with Crippen LogP contribution in [-0.4, -0.2) is 31.0 Å². The van der Waals surface area contributed by atoms with E-state index in [0.717, 1.165) is 35.0 Å². The summed E-state index contributed by atoms with van der Waals surface area (Å²) in [5.74, 6) is 0.969. The highest BCUT2D eigenvalue weighted by Gasteiger charge is 2.32. The number of piperidine rings is 1. The molecule has 1 atom stereocenters. The van der Waals surface area contributed by atoms with Gasteiger partial charge in [-0.1, -0.05) is 24.6 Å². The number of furan rings is 1. The van der Waals surface area contributed by atoms with Gasteiger partial charge in [-0.3, -0.25) is 9.69 Å². The van der Waals surface area contributed by atoms with Crippen molar-refractivity contribution < 1.29 is 13.9 Å². The summed E-state index contributed by atoms with van der Waals surface area (Å²) in [5, 5.41) is 4.00. The summed E-state index contributed by atoms with van der Waals surface area (Å²) in [6, 6.07) is 11.7. The van der Waals surface area contributed by atoms with Gasteiger partial charge in [-0.2, -0.15) is 0 Å². The number of aryl methyl sites for hydroxylation is 1. The maximum absolute atomic E-state index is 12.8. The Morgan fingerprint density at radius 1 is 1.13 bits per heavy atom. The van der Waals surface area contributed by atoms with Crippen LogP contribution in [0.3, 0.4) is 0 Å². The Hall–Kier alpha value is -2.57. The Morgan fingerprint density at radius 3 is 2.60 bits per heavy atom. The highest BCUT2D eigenvalue weighted by Crippen LogP contribution is 2.45. The predicted molar refractivity (Wildman–Crippen MR) is 121 cm³/mol. The van der Waals surface area contributed by atoms with Crippen LogP contribution in [0.25, 0.3) is 0 Å². The summed E-state index contributed by atoms with van der Waals surface area (Å²) >= 11 is 1.63. The summed E-state index contributed by atoms with van der Waals surface area (Å²) in [5.41, 5.74) is 3.51. The molecule has 2 aromatic heterocycles. The fourth-order valence-corrected chi connectivity index (χ4v) is 5.33. The van der Waals surface area contributed by atoms with Crippen LogP contribution in [-0.2, 0) is 0 Å². The van der Waals surface area contributed by atoms with E-state index >= 15 is 0 Å². The number of anilines is 1. The van der Waals surface area contributed by atoms with Gasteiger partial charge < -0.3 is 14.5 Å². The van der Waals surface area contributed by atoms with Crippen LogP contribution in [0.4, 0.5) is 5.00 Å². The number of ether oxygens (including phenoxy) is 1. The largest absolute Gasteiger partial charge is 0.496 e. The molecule has 1 aliphatic rings. The number of carbonyl (C=O) groups excluding carboxylic acids is 1. The van der Waals surface area contributed by atoms with Gasteiger partial charge in [0, 0.05) is 16.0 Å². The van der Waals surface area contributed by atoms with E-state index in [-0.39, 0.29) is 11.9 Å². The summed E-state index contributed by atoms with van der Waals surface area (Å²) in [7, 11) is 1.72. The first-order chi connectivity index (χ1) is 14.6. The molecule has 1 amide bonds. The van der Waals surface area contributed by atoms with E-state index < -0.39 is 0 Å². The lowest BCUT2D eigenvalue weighted by atomic mass is 9.92. The smallest absolute Gasteiger partial charge is 0.291 e. The number of hydrogen-bond acceptors (Lipinski definition) is 5. The first kappa shape index (κ1) is 20.7. The minimum atomic E-state index is -0.222. The van der Waals surface area contributed by atoms with Crippen LogP contribution >= 0.6 is 11.3 Å². The number of methoxy groups -OCH3 is 1. The van der Waals surface area contributed by atoms with Crippen molar-refractivity contribution in [1.29, 1.82) is 0 Å². The molecule has 1 aromatic carbocycles. The zero-order valence-electron chi connectivity index (χ0n) is 17.7. The molecule has 0 aliphatic carbocycles. The number of nitrogens with zero attached hydrogens (tertiary/aromatic N) is 1. The van der Waals surface area contributed by atoms with E-state index in [1.54, 1.807) is 30.6 Å². The molecule has 158 valence electrons. The second-order valence-corrected chi connectivity index (χ2v) is 8.92. The standard InChI is InChI=1S/C24H28N2O3S/c1-16-17(2)30-24(25-23(27)20-12-9-15-29-20)21(16)22(26-13-7-4-8-14-26)18-10-5-6-11-19(18)28-3/h5-6,9-12,15,22H,4,7-8,13-14H2,1-3H3,(H,25,27)/t22-/m0/s1. The molecule has 0 saturated carbocycles. The predicted octanol–water partition coefficient (Wildman–Crippen LogP) is 5.79. The fourth-order valence-electron chi connectivity index (χ4n) is 4.24. The molecule has 1 aliphatic heterocycles. The Kier molecular flexibility index (Phi) is 6.25. The second-order valence-electron chi connectivity index (χ2n) is 7.70. The molecular weight excluding hydrogens is 396 g/mol. The molecule has 1 fully saturated rings. The van der Waals surface area contributed by atoms with E-state index in [9.17, 15) is 4.79 Å². The monoisotopic (exact) mass is 424 g/mol. The molecule has 3 heterocycles. The number of carbonyl (C=O) groups is 1. The molecule has 3 aromatic rings. The van der Waals surface area contributed by atoms with Crippen LogP contribution in [0.5, 0.6) is 5.75 Å². The molecule has 0 spiro atoms. The van der Waals surface area contributed by atoms with Gasteiger partial charge in [-0.05, 0) is 63.5 Å². The van der Waals surface area contributed by atoms with Crippen LogP contribution in [0.1, 0.15) is 57.4 Å². The van der Waals surface area contributed by atoms with Crippen molar-refractivity contribution in [2.24, 2.45) is 0 Å². The van der Waals surface area contributed by atoms with Crippen LogP contribution in [0.2, 0.25) is 0 Å². The minimum Gasteiger partial charge on any atom is -0.496 e. The van der Waals surface area contributed by atoms with Crippen molar-refractivity contribution in [3.05, 3.63) is 70.0 Å². The zero-order valence-corrected chi connectivity index (χ0v) is 18.6. The van der Waals surface area contributed by atoms with E-state index in [2.05, 4.69) is 36.2 Å². The Labute approximate surface area is 181 Å². The zero-order chi connectivity index (χ0) is 21.1. The lowest BCUT2D eigenvalue weighted by molar-refractivity contribution is 0.0996. The third-order valence-electron chi connectivity index (χ3n) is 5.87.